The van der Waals surface area contributed by atoms with Crippen LogP contribution in [0.3, 0.4) is 0 Å². The van der Waals surface area contributed by atoms with Crippen LogP contribution in [-0.4, -0.2) is 35.0 Å². The Bertz CT molecular complexity index is 1280. The molecule has 2 aromatic carbocycles. The van der Waals surface area contributed by atoms with E-state index in [9.17, 15) is 27.2 Å². The fourth-order valence-electron chi connectivity index (χ4n) is 4.35. The number of methoxy groups -OCH3 is 1. The van der Waals surface area contributed by atoms with E-state index < -0.39 is 29.6 Å². The van der Waals surface area contributed by atoms with Crippen LogP contribution in [-0.2, 0) is 27.0 Å². The standard InChI is InChI=1S/C26H26F4N2O3/c1-4-31(24(33)16-5-6-16)13-17-11-18(26(28,29)30)7-9-20(17)22-14-32(15(2)25(34)35-3)23-10-8-19(27)12-21(22)23/h7-12,14-16H,4-6,13H2,1-3H3. The van der Waals surface area contributed by atoms with Gasteiger partial charge in [-0.05, 0) is 68.1 Å². The van der Waals surface area contributed by atoms with E-state index in [1.165, 1.54) is 31.4 Å². The molecule has 1 aromatic heterocycles. The van der Waals surface area contributed by atoms with Crippen molar-refractivity contribution < 1.29 is 31.9 Å². The van der Waals surface area contributed by atoms with E-state index >= 15 is 0 Å². The lowest BCUT2D eigenvalue weighted by atomic mass is 9.96. The molecule has 1 amide bonds. The van der Waals surface area contributed by atoms with Crippen LogP contribution in [0.25, 0.3) is 22.0 Å². The summed E-state index contributed by atoms with van der Waals surface area (Å²) in [6.45, 7) is 3.74. The zero-order valence-electron chi connectivity index (χ0n) is 19.7. The average Bonchev–Trinajstić information content (AvgIpc) is 3.61. The molecule has 1 atom stereocenters. The van der Waals surface area contributed by atoms with Gasteiger partial charge in [0, 0.05) is 41.7 Å². The number of rotatable bonds is 7. The van der Waals surface area contributed by atoms with Crippen LogP contribution in [0.15, 0.2) is 42.6 Å². The molecule has 1 heterocycles. The van der Waals surface area contributed by atoms with Gasteiger partial charge in [0.05, 0.1) is 12.7 Å². The zero-order valence-corrected chi connectivity index (χ0v) is 19.7. The molecule has 0 saturated heterocycles. The van der Waals surface area contributed by atoms with Gasteiger partial charge < -0.3 is 14.2 Å². The Morgan fingerprint density at radius 1 is 1.14 bits per heavy atom. The summed E-state index contributed by atoms with van der Waals surface area (Å²) in [5, 5.41) is 0.443. The number of ether oxygens (including phenoxy) is 1. The van der Waals surface area contributed by atoms with Gasteiger partial charge in [-0.15, -0.1) is 0 Å². The number of alkyl halides is 3. The maximum absolute atomic E-state index is 14.3. The van der Waals surface area contributed by atoms with Crippen molar-refractivity contribution in [3.8, 4) is 11.1 Å². The molecule has 1 unspecified atom stereocenters. The smallest absolute Gasteiger partial charge is 0.416 e. The monoisotopic (exact) mass is 490 g/mol. The van der Waals surface area contributed by atoms with Gasteiger partial charge in [-0.25, -0.2) is 9.18 Å². The fourth-order valence-corrected chi connectivity index (χ4v) is 4.35. The summed E-state index contributed by atoms with van der Waals surface area (Å²) in [4.78, 5) is 26.5. The number of hydrogen-bond acceptors (Lipinski definition) is 3. The highest BCUT2D eigenvalue weighted by Gasteiger charge is 2.35. The number of hydrogen-bond donors (Lipinski definition) is 0. The molecule has 1 aliphatic carbocycles. The van der Waals surface area contributed by atoms with Crippen LogP contribution < -0.4 is 0 Å². The van der Waals surface area contributed by atoms with Crippen LogP contribution in [0.5, 0.6) is 0 Å². The van der Waals surface area contributed by atoms with E-state index in [4.69, 9.17) is 4.74 Å². The predicted molar refractivity (Wildman–Crippen MR) is 123 cm³/mol. The Morgan fingerprint density at radius 2 is 1.86 bits per heavy atom. The Kier molecular flexibility index (Phi) is 6.62. The van der Waals surface area contributed by atoms with Crippen LogP contribution >= 0.6 is 0 Å². The van der Waals surface area contributed by atoms with Crippen molar-refractivity contribution in [3.63, 3.8) is 0 Å². The minimum atomic E-state index is -4.57. The number of fused-ring (bicyclic) bond motifs is 1. The van der Waals surface area contributed by atoms with Gasteiger partial charge in [-0.1, -0.05) is 6.07 Å². The number of aromatic nitrogens is 1. The number of esters is 1. The first-order valence-corrected chi connectivity index (χ1v) is 11.4. The SMILES string of the molecule is CCN(Cc1cc(C(F)(F)F)ccc1-c1cn(C(C)C(=O)OC)c2ccc(F)cc12)C(=O)C1CC1. The van der Waals surface area contributed by atoms with Crippen LogP contribution in [0.2, 0.25) is 0 Å². The Balaban J connectivity index is 1.90. The summed E-state index contributed by atoms with van der Waals surface area (Å²) < 4.78 is 61.4. The molecule has 4 rings (SSSR count). The Hall–Kier alpha value is -3.36. The van der Waals surface area contributed by atoms with Gasteiger partial charge in [-0.3, -0.25) is 4.79 Å². The summed E-state index contributed by atoms with van der Waals surface area (Å²) >= 11 is 0. The van der Waals surface area contributed by atoms with E-state index in [2.05, 4.69) is 0 Å². The number of amides is 1. The molecule has 0 radical (unpaired) electrons. The summed E-state index contributed by atoms with van der Waals surface area (Å²) in [5.41, 5.74) is 0.903. The topological polar surface area (TPSA) is 51.5 Å². The van der Waals surface area contributed by atoms with Gasteiger partial charge in [0.15, 0.2) is 0 Å². The molecular formula is C26H26F4N2O3. The van der Waals surface area contributed by atoms with Gasteiger partial charge in [-0.2, -0.15) is 13.2 Å². The van der Waals surface area contributed by atoms with E-state index in [1.54, 1.807) is 29.5 Å². The number of halogens is 4. The molecule has 3 aromatic rings. The zero-order chi connectivity index (χ0) is 25.5. The third-order valence-corrected chi connectivity index (χ3v) is 6.46. The van der Waals surface area contributed by atoms with Crippen molar-refractivity contribution in [2.24, 2.45) is 5.92 Å². The minimum Gasteiger partial charge on any atom is -0.467 e. The Morgan fingerprint density at radius 3 is 2.46 bits per heavy atom. The predicted octanol–water partition coefficient (Wildman–Crippen LogP) is 5.96. The largest absolute Gasteiger partial charge is 0.467 e. The molecule has 9 heteroatoms. The third kappa shape index (κ3) is 4.90. The first kappa shape index (κ1) is 24.8. The first-order chi connectivity index (χ1) is 16.5. The molecule has 0 aliphatic heterocycles. The average molecular weight is 490 g/mol. The van der Waals surface area contributed by atoms with Crippen LogP contribution in [0.4, 0.5) is 17.6 Å². The number of carbonyl (C=O) groups is 2. The molecule has 35 heavy (non-hydrogen) atoms. The molecule has 1 saturated carbocycles. The lowest BCUT2D eigenvalue weighted by Gasteiger charge is -2.23. The van der Waals surface area contributed by atoms with E-state index in [1.807, 2.05) is 0 Å². The van der Waals surface area contributed by atoms with Gasteiger partial charge in [0.2, 0.25) is 5.91 Å². The van der Waals surface area contributed by atoms with Crippen LogP contribution in [0.1, 0.15) is 43.9 Å². The number of benzene rings is 2. The molecule has 0 N–H and O–H groups in total. The molecule has 0 bridgehead atoms. The summed E-state index contributed by atoms with van der Waals surface area (Å²) in [6, 6.07) is 6.69. The van der Waals surface area contributed by atoms with Gasteiger partial charge >= 0.3 is 12.1 Å². The highest BCUT2D eigenvalue weighted by atomic mass is 19.4. The first-order valence-electron chi connectivity index (χ1n) is 11.4. The minimum absolute atomic E-state index is 0.0143. The lowest BCUT2D eigenvalue weighted by molar-refractivity contribution is -0.144. The maximum Gasteiger partial charge on any atom is 0.416 e. The van der Waals surface area contributed by atoms with E-state index in [0.717, 1.165) is 25.0 Å². The summed E-state index contributed by atoms with van der Waals surface area (Å²) in [5.74, 6) is -1.20. The lowest BCUT2D eigenvalue weighted by Crippen LogP contribution is -2.31. The molecule has 5 nitrogen and oxygen atoms in total. The quantitative estimate of drug-likeness (QED) is 0.303. The normalized spacial score (nSPS) is 14.7. The maximum atomic E-state index is 14.3. The molecule has 0 spiro atoms. The molecule has 1 fully saturated rings. The summed E-state index contributed by atoms with van der Waals surface area (Å²) in [6.07, 6.45) is -1.38. The molecule has 1 aliphatic rings. The van der Waals surface area contributed by atoms with E-state index in [0.29, 0.717) is 34.1 Å². The Labute approximate surface area is 200 Å². The van der Waals surface area contributed by atoms with Crippen LogP contribution in [0, 0.1) is 11.7 Å². The highest BCUT2D eigenvalue weighted by Crippen LogP contribution is 2.39. The second-order valence-corrected chi connectivity index (χ2v) is 8.81. The van der Waals surface area contributed by atoms with Crippen molar-refractivity contribution in [2.75, 3.05) is 13.7 Å². The second-order valence-electron chi connectivity index (χ2n) is 8.81. The van der Waals surface area contributed by atoms with Crippen molar-refractivity contribution in [3.05, 3.63) is 59.5 Å². The third-order valence-electron chi connectivity index (χ3n) is 6.46. The molecule has 186 valence electrons. The second kappa shape index (κ2) is 9.36. The van der Waals surface area contributed by atoms with E-state index in [-0.39, 0.29) is 18.4 Å². The highest BCUT2D eigenvalue weighted by molar-refractivity contribution is 5.98. The number of nitrogens with zero attached hydrogens (tertiary/aromatic N) is 2. The van der Waals surface area contributed by atoms with Gasteiger partial charge in [0.1, 0.15) is 11.9 Å². The van der Waals surface area contributed by atoms with Crippen molar-refractivity contribution in [1.29, 1.82) is 0 Å². The van der Waals surface area contributed by atoms with Gasteiger partial charge in [0.25, 0.3) is 0 Å². The van der Waals surface area contributed by atoms with Crippen molar-refractivity contribution >= 4 is 22.8 Å². The van der Waals surface area contributed by atoms with Crippen molar-refractivity contribution in [2.45, 2.75) is 45.5 Å². The summed E-state index contributed by atoms with van der Waals surface area (Å²) in [7, 11) is 1.26. The molecular weight excluding hydrogens is 464 g/mol. The van der Waals surface area contributed by atoms with Crippen molar-refractivity contribution in [1.82, 2.24) is 9.47 Å². The number of carbonyl (C=O) groups excluding carboxylic acids is 2. The fraction of sp³-hybridized carbons (Fsp3) is 0.385.